The Labute approximate surface area is 243 Å². The van der Waals surface area contributed by atoms with Crippen LogP contribution in [0.4, 0.5) is 5.95 Å². The van der Waals surface area contributed by atoms with Gasteiger partial charge in [-0.25, -0.2) is 4.98 Å². The van der Waals surface area contributed by atoms with Crippen LogP contribution in [0.5, 0.6) is 0 Å². The van der Waals surface area contributed by atoms with E-state index in [9.17, 15) is 14.4 Å². The number of nitrogens with two attached hydrogens (primary N) is 2. The van der Waals surface area contributed by atoms with Gasteiger partial charge in [-0.15, -0.1) is 0 Å². The predicted molar refractivity (Wildman–Crippen MR) is 161 cm³/mol. The molecule has 2 aromatic rings. The minimum Gasteiger partial charge on any atom is -0.465 e. The number of hydrogen-bond donors (Lipinski definition) is 3. The zero-order chi connectivity index (χ0) is 30.0. The van der Waals surface area contributed by atoms with E-state index in [-0.39, 0.29) is 42.5 Å². The molecule has 0 aliphatic rings. The third kappa shape index (κ3) is 12.5. The predicted octanol–water partition coefficient (Wildman–Crippen LogP) is 4.65. The molecule has 0 amide bonds. The molecule has 0 aliphatic carbocycles. The van der Waals surface area contributed by atoms with Crippen molar-refractivity contribution in [3.63, 3.8) is 0 Å². The number of carbonyl (C=O) groups excluding carboxylic acids is 2. The molecule has 0 spiro atoms. The molecular weight excluding hydrogens is 524 g/mol. The summed E-state index contributed by atoms with van der Waals surface area (Å²) in [6.07, 6.45) is 17.6. The maximum atomic E-state index is 12.5. The molecule has 0 fully saturated rings. The molecule has 41 heavy (non-hydrogen) atoms. The highest BCUT2D eigenvalue weighted by Crippen LogP contribution is 2.16. The van der Waals surface area contributed by atoms with E-state index in [0.717, 1.165) is 38.5 Å². The summed E-state index contributed by atoms with van der Waals surface area (Å²) in [6, 6.07) is -0.685. The lowest BCUT2D eigenvalue weighted by Gasteiger charge is -2.20. The number of nitrogens with one attached hydrogen (secondary N) is 1. The fraction of sp³-hybridized carbons (Fsp3) is 0.700. The summed E-state index contributed by atoms with van der Waals surface area (Å²) in [4.78, 5) is 47.7. The average molecular weight is 575 g/mol. The van der Waals surface area contributed by atoms with E-state index in [1.165, 1.54) is 32.0 Å². The largest absolute Gasteiger partial charge is 0.465 e. The number of anilines is 1. The second-order valence-electron chi connectivity index (χ2n) is 10.9. The summed E-state index contributed by atoms with van der Waals surface area (Å²) in [7, 11) is 0. The molecule has 11 heteroatoms. The van der Waals surface area contributed by atoms with Crippen LogP contribution in [0.1, 0.15) is 97.8 Å². The maximum absolute atomic E-state index is 12.5. The summed E-state index contributed by atoms with van der Waals surface area (Å²) < 4.78 is 12.7. The number of nitrogen functional groups attached to an aromatic ring is 1. The fourth-order valence-electron chi connectivity index (χ4n) is 4.42. The lowest BCUT2D eigenvalue weighted by molar-refractivity contribution is -0.149. The van der Waals surface area contributed by atoms with Crippen LogP contribution in [-0.2, 0) is 25.6 Å². The molecule has 0 aliphatic heterocycles. The first-order valence-electron chi connectivity index (χ1n) is 15.2. The van der Waals surface area contributed by atoms with Gasteiger partial charge < -0.3 is 25.5 Å². The molecule has 3 atom stereocenters. The second kappa shape index (κ2) is 19.0. The van der Waals surface area contributed by atoms with Crippen molar-refractivity contribution in [2.75, 3.05) is 18.9 Å². The molecule has 2 rings (SSSR count). The summed E-state index contributed by atoms with van der Waals surface area (Å²) in [5.41, 5.74) is 11.8. The van der Waals surface area contributed by atoms with Crippen LogP contribution in [0.2, 0.25) is 0 Å². The molecule has 11 nitrogen and oxygen atoms in total. The molecule has 0 unspecified atom stereocenters. The summed E-state index contributed by atoms with van der Waals surface area (Å²) in [5, 5.41) is 0. The maximum Gasteiger partial charge on any atom is 0.323 e. The number of aromatic amines is 1. The first-order chi connectivity index (χ1) is 19.8. The molecule has 0 bridgehead atoms. The van der Waals surface area contributed by atoms with E-state index in [0.29, 0.717) is 25.0 Å². The smallest absolute Gasteiger partial charge is 0.323 e. The number of ether oxygens (including phenoxy) is 2. The van der Waals surface area contributed by atoms with E-state index in [1.54, 1.807) is 4.57 Å². The van der Waals surface area contributed by atoms with Crippen LogP contribution in [0.25, 0.3) is 11.2 Å². The van der Waals surface area contributed by atoms with Crippen molar-refractivity contribution in [3.8, 4) is 0 Å². The number of rotatable bonds is 21. The van der Waals surface area contributed by atoms with Crippen molar-refractivity contribution in [2.24, 2.45) is 17.6 Å². The minimum absolute atomic E-state index is 0.0105. The number of esters is 2. The summed E-state index contributed by atoms with van der Waals surface area (Å²) in [5.74, 6) is -0.908. The zero-order valence-electron chi connectivity index (χ0n) is 25.1. The van der Waals surface area contributed by atoms with Crippen molar-refractivity contribution in [1.29, 1.82) is 0 Å². The van der Waals surface area contributed by atoms with Gasteiger partial charge in [-0.1, -0.05) is 71.4 Å². The van der Waals surface area contributed by atoms with Crippen LogP contribution in [0.3, 0.4) is 0 Å². The number of unbranched alkanes of at least 4 members (excludes halogenated alkanes) is 7. The normalized spacial score (nSPS) is 13.9. The number of H-pyrrole nitrogens is 1. The van der Waals surface area contributed by atoms with E-state index >= 15 is 0 Å². The Balaban J connectivity index is 1.84. The Kier molecular flexibility index (Phi) is 15.8. The van der Waals surface area contributed by atoms with E-state index < -0.39 is 17.6 Å². The molecular formula is C30H50N6O5. The molecule has 5 N–H and O–H groups in total. The van der Waals surface area contributed by atoms with Gasteiger partial charge >= 0.3 is 11.9 Å². The van der Waals surface area contributed by atoms with Gasteiger partial charge in [-0.2, -0.15) is 4.98 Å². The number of carbonyl (C=O) groups is 2. The number of aromatic nitrogens is 4. The highest BCUT2D eigenvalue weighted by Gasteiger charge is 2.22. The van der Waals surface area contributed by atoms with Gasteiger partial charge in [0.25, 0.3) is 5.56 Å². The van der Waals surface area contributed by atoms with E-state index in [4.69, 9.17) is 20.9 Å². The van der Waals surface area contributed by atoms with Crippen LogP contribution >= 0.6 is 0 Å². The third-order valence-corrected chi connectivity index (χ3v) is 7.37. The first-order valence-corrected chi connectivity index (χ1v) is 15.2. The van der Waals surface area contributed by atoms with E-state index in [2.05, 4.69) is 34.0 Å². The number of imidazole rings is 1. The highest BCUT2D eigenvalue weighted by molar-refractivity contribution is 5.75. The Morgan fingerprint density at radius 2 is 1.78 bits per heavy atom. The SMILES string of the molecule is CCCC/C=C/CCCCCCCC(=O)OC[C@H](CCOC(=O)[C@@H](N)[C@@H](C)CC)Cn1cnc2c(=O)[nH]c(N)nc21. The van der Waals surface area contributed by atoms with Crippen LogP contribution < -0.4 is 17.0 Å². The standard InChI is InChI=1S/C30H50N6O5/c1-4-6-7-8-9-10-11-12-13-14-15-16-24(37)41-20-23(17-18-40-29(39)25(31)22(3)5-2)19-36-21-33-26-27(36)34-30(32)35-28(26)38/h8-9,21-23,25H,4-7,10-20,31H2,1-3H3,(H3,32,34,35,38)/b9-8+/t22-,23+,25-/m0/s1. The quantitative estimate of drug-likeness (QED) is 0.109. The minimum atomic E-state index is -0.685. The van der Waals surface area contributed by atoms with Crippen molar-refractivity contribution in [1.82, 2.24) is 19.5 Å². The van der Waals surface area contributed by atoms with Gasteiger partial charge in [0, 0.05) is 18.9 Å². The van der Waals surface area contributed by atoms with Crippen molar-refractivity contribution >= 4 is 29.1 Å². The number of allylic oxidation sites excluding steroid dienone is 2. The Hall–Kier alpha value is -3.21. The van der Waals surface area contributed by atoms with Crippen LogP contribution in [0.15, 0.2) is 23.3 Å². The van der Waals surface area contributed by atoms with Gasteiger partial charge in [-0.05, 0) is 38.0 Å². The molecule has 2 aromatic heterocycles. The summed E-state index contributed by atoms with van der Waals surface area (Å²) in [6.45, 7) is 6.69. The topological polar surface area (TPSA) is 168 Å². The molecule has 2 heterocycles. The average Bonchev–Trinajstić information content (AvgIpc) is 3.35. The van der Waals surface area contributed by atoms with Gasteiger partial charge in [-0.3, -0.25) is 19.4 Å². The Morgan fingerprint density at radius 1 is 1.07 bits per heavy atom. The molecule has 0 saturated heterocycles. The zero-order valence-corrected chi connectivity index (χ0v) is 25.1. The first kappa shape index (κ1) is 34.0. The third-order valence-electron chi connectivity index (χ3n) is 7.37. The van der Waals surface area contributed by atoms with Gasteiger partial charge in [0.15, 0.2) is 11.2 Å². The molecule has 0 radical (unpaired) electrons. The van der Waals surface area contributed by atoms with Crippen molar-refractivity contribution < 1.29 is 19.1 Å². The summed E-state index contributed by atoms with van der Waals surface area (Å²) >= 11 is 0. The fourth-order valence-corrected chi connectivity index (χ4v) is 4.42. The van der Waals surface area contributed by atoms with Crippen LogP contribution in [-0.4, -0.2) is 50.7 Å². The number of hydrogen-bond acceptors (Lipinski definition) is 9. The van der Waals surface area contributed by atoms with Gasteiger partial charge in [0.1, 0.15) is 6.04 Å². The Morgan fingerprint density at radius 3 is 2.51 bits per heavy atom. The lowest BCUT2D eigenvalue weighted by atomic mass is 10.0. The van der Waals surface area contributed by atoms with Crippen molar-refractivity contribution in [2.45, 2.75) is 110 Å². The molecule has 230 valence electrons. The molecule has 0 aromatic carbocycles. The van der Waals surface area contributed by atoms with Gasteiger partial charge in [0.05, 0.1) is 19.5 Å². The second-order valence-corrected chi connectivity index (χ2v) is 10.9. The monoisotopic (exact) mass is 574 g/mol. The highest BCUT2D eigenvalue weighted by atomic mass is 16.5. The van der Waals surface area contributed by atoms with Crippen LogP contribution in [0, 0.1) is 11.8 Å². The Bertz CT molecular complexity index is 1140. The van der Waals surface area contributed by atoms with Gasteiger partial charge in [0.2, 0.25) is 5.95 Å². The van der Waals surface area contributed by atoms with Crippen molar-refractivity contribution in [3.05, 3.63) is 28.8 Å². The number of nitrogens with zero attached hydrogens (tertiary/aromatic N) is 3. The molecule has 0 saturated carbocycles. The van der Waals surface area contributed by atoms with E-state index in [1.807, 2.05) is 13.8 Å². The number of fused-ring (bicyclic) bond motifs is 1. The lowest BCUT2D eigenvalue weighted by Crippen LogP contribution is -2.38.